The summed E-state index contributed by atoms with van der Waals surface area (Å²) >= 11 is 1.90. The largest absolute Gasteiger partial charge is 0.317 e. The Hall–Kier alpha value is -0.450. The highest BCUT2D eigenvalue weighted by molar-refractivity contribution is 7.11. The Morgan fingerprint density at radius 3 is 2.70 bits per heavy atom. The van der Waals surface area contributed by atoms with Crippen molar-refractivity contribution in [3.05, 3.63) is 16.1 Å². The van der Waals surface area contributed by atoms with E-state index in [1.54, 1.807) is 0 Å². The lowest BCUT2D eigenvalue weighted by molar-refractivity contribution is 0.194. The fraction of sp³-hybridized carbons (Fsp3) is 0.812. The Morgan fingerprint density at radius 1 is 1.30 bits per heavy atom. The summed E-state index contributed by atoms with van der Waals surface area (Å²) in [5.41, 5.74) is 0.840. The molecule has 4 heteroatoms. The van der Waals surface area contributed by atoms with Gasteiger partial charge in [-0.3, -0.25) is 4.90 Å². The Morgan fingerprint density at radius 2 is 2.05 bits per heavy atom. The Kier molecular flexibility index (Phi) is 3.91. The molecule has 112 valence electrons. The first kappa shape index (κ1) is 14.5. The van der Waals surface area contributed by atoms with Gasteiger partial charge in [0.15, 0.2) is 0 Å². The predicted molar refractivity (Wildman–Crippen MR) is 85.2 cm³/mol. The highest BCUT2D eigenvalue weighted by atomic mass is 32.1. The predicted octanol–water partition coefficient (Wildman–Crippen LogP) is 3.02. The Labute approximate surface area is 126 Å². The lowest BCUT2D eigenvalue weighted by Gasteiger charge is -2.33. The molecule has 1 aromatic rings. The van der Waals surface area contributed by atoms with Gasteiger partial charge in [0.25, 0.3) is 0 Å². The first-order valence-electron chi connectivity index (χ1n) is 7.85. The smallest absolute Gasteiger partial charge is 0.107 e. The molecule has 1 spiro atoms. The van der Waals surface area contributed by atoms with Gasteiger partial charge in [-0.1, -0.05) is 20.8 Å². The number of rotatable bonds is 2. The van der Waals surface area contributed by atoms with Gasteiger partial charge in [-0.25, -0.2) is 4.98 Å². The van der Waals surface area contributed by atoms with Crippen molar-refractivity contribution in [2.24, 2.45) is 5.41 Å². The molecular weight excluding hydrogens is 266 g/mol. The Balaban J connectivity index is 1.60. The minimum atomic E-state index is 0.233. The van der Waals surface area contributed by atoms with Crippen LogP contribution in [-0.2, 0) is 12.0 Å². The maximum Gasteiger partial charge on any atom is 0.107 e. The van der Waals surface area contributed by atoms with Gasteiger partial charge >= 0.3 is 0 Å². The van der Waals surface area contributed by atoms with Crippen LogP contribution in [0, 0.1) is 5.41 Å². The number of hydrogen-bond acceptors (Lipinski definition) is 4. The SMILES string of the molecule is CC(C)(C)c1cnc(CN2CCC3(CCNCC3)C2)s1. The summed E-state index contributed by atoms with van der Waals surface area (Å²) in [7, 11) is 0. The summed E-state index contributed by atoms with van der Waals surface area (Å²) in [4.78, 5) is 8.67. The van der Waals surface area contributed by atoms with Crippen molar-refractivity contribution in [3.63, 3.8) is 0 Å². The van der Waals surface area contributed by atoms with Crippen LogP contribution < -0.4 is 5.32 Å². The molecule has 0 unspecified atom stereocenters. The lowest BCUT2D eigenvalue weighted by atomic mass is 9.78. The maximum absolute atomic E-state index is 4.64. The molecule has 2 aliphatic heterocycles. The molecule has 20 heavy (non-hydrogen) atoms. The first-order valence-corrected chi connectivity index (χ1v) is 8.67. The molecule has 1 aromatic heterocycles. The average Bonchev–Trinajstić information content (AvgIpc) is 2.99. The van der Waals surface area contributed by atoms with Crippen molar-refractivity contribution in [1.82, 2.24) is 15.2 Å². The van der Waals surface area contributed by atoms with Crippen molar-refractivity contribution in [1.29, 1.82) is 0 Å². The van der Waals surface area contributed by atoms with E-state index in [9.17, 15) is 0 Å². The van der Waals surface area contributed by atoms with E-state index in [2.05, 4.69) is 42.2 Å². The van der Waals surface area contributed by atoms with Gasteiger partial charge in [-0.05, 0) is 49.7 Å². The van der Waals surface area contributed by atoms with E-state index in [0.717, 1.165) is 6.54 Å². The van der Waals surface area contributed by atoms with Crippen molar-refractivity contribution >= 4 is 11.3 Å². The van der Waals surface area contributed by atoms with Crippen LogP contribution in [0.2, 0.25) is 0 Å². The molecule has 2 saturated heterocycles. The van der Waals surface area contributed by atoms with Gasteiger partial charge in [0.2, 0.25) is 0 Å². The monoisotopic (exact) mass is 293 g/mol. The van der Waals surface area contributed by atoms with Crippen LogP contribution in [0.4, 0.5) is 0 Å². The summed E-state index contributed by atoms with van der Waals surface area (Å²) in [6.07, 6.45) is 6.17. The molecule has 0 bridgehead atoms. The van der Waals surface area contributed by atoms with E-state index in [4.69, 9.17) is 0 Å². The molecular formula is C16H27N3S. The molecule has 3 rings (SSSR count). The molecule has 3 heterocycles. The van der Waals surface area contributed by atoms with Gasteiger partial charge in [0, 0.05) is 17.6 Å². The van der Waals surface area contributed by atoms with Gasteiger partial charge in [-0.2, -0.15) is 0 Å². The number of likely N-dealkylation sites (tertiary alicyclic amines) is 1. The van der Waals surface area contributed by atoms with Crippen LogP contribution in [0.15, 0.2) is 6.20 Å². The van der Waals surface area contributed by atoms with E-state index >= 15 is 0 Å². The minimum absolute atomic E-state index is 0.233. The number of hydrogen-bond donors (Lipinski definition) is 1. The summed E-state index contributed by atoms with van der Waals surface area (Å²) in [5.74, 6) is 0. The fourth-order valence-corrected chi connectivity index (χ4v) is 4.47. The van der Waals surface area contributed by atoms with E-state index in [-0.39, 0.29) is 5.41 Å². The lowest BCUT2D eigenvalue weighted by Crippen LogP contribution is -2.38. The number of nitrogens with one attached hydrogen (secondary N) is 1. The van der Waals surface area contributed by atoms with Crippen LogP contribution in [0.1, 0.15) is 49.9 Å². The van der Waals surface area contributed by atoms with E-state index in [1.807, 2.05) is 11.3 Å². The first-order chi connectivity index (χ1) is 9.47. The average molecular weight is 293 g/mol. The highest BCUT2D eigenvalue weighted by Gasteiger charge is 2.38. The summed E-state index contributed by atoms with van der Waals surface area (Å²) in [6, 6.07) is 0. The topological polar surface area (TPSA) is 28.2 Å². The zero-order chi connectivity index (χ0) is 14.2. The zero-order valence-corrected chi connectivity index (χ0v) is 13.9. The maximum atomic E-state index is 4.64. The molecule has 0 radical (unpaired) electrons. The van der Waals surface area contributed by atoms with Crippen molar-refractivity contribution < 1.29 is 0 Å². The third kappa shape index (κ3) is 3.07. The van der Waals surface area contributed by atoms with Crippen LogP contribution in [0.25, 0.3) is 0 Å². The summed E-state index contributed by atoms with van der Waals surface area (Å²) < 4.78 is 0. The van der Waals surface area contributed by atoms with Crippen LogP contribution >= 0.6 is 11.3 Å². The van der Waals surface area contributed by atoms with Gasteiger partial charge in [0.05, 0.1) is 6.54 Å². The second-order valence-corrected chi connectivity index (χ2v) is 8.69. The second kappa shape index (κ2) is 5.39. The van der Waals surface area contributed by atoms with E-state index < -0.39 is 0 Å². The van der Waals surface area contributed by atoms with Crippen LogP contribution in [0.3, 0.4) is 0 Å². The van der Waals surface area contributed by atoms with Crippen molar-refractivity contribution in [3.8, 4) is 0 Å². The van der Waals surface area contributed by atoms with Gasteiger partial charge in [-0.15, -0.1) is 11.3 Å². The summed E-state index contributed by atoms with van der Waals surface area (Å²) in [6.45, 7) is 12.8. The van der Waals surface area contributed by atoms with Crippen molar-refractivity contribution in [2.75, 3.05) is 26.2 Å². The Bertz CT molecular complexity index is 455. The van der Waals surface area contributed by atoms with E-state index in [0.29, 0.717) is 5.41 Å². The molecule has 2 aliphatic rings. The number of piperidine rings is 1. The number of thiazole rings is 1. The molecule has 0 aromatic carbocycles. The molecule has 0 amide bonds. The van der Waals surface area contributed by atoms with E-state index in [1.165, 1.54) is 55.3 Å². The standard InChI is InChI=1S/C16H27N3S/c1-15(2,3)13-10-18-14(20-13)11-19-9-6-16(12-19)4-7-17-8-5-16/h10,17H,4-9,11-12H2,1-3H3. The molecule has 3 nitrogen and oxygen atoms in total. The number of nitrogens with zero attached hydrogens (tertiary/aromatic N) is 2. The third-order valence-corrected chi connectivity index (χ3v) is 6.24. The third-order valence-electron chi connectivity index (χ3n) is 4.83. The highest BCUT2D eigenvalue weighted by Crippen LogP contribution is 2.39. The molecule has 0 saturated carbocycles. The minimum Gasteiger partial charge on any atom is -0.317 e. The second-order valence-electron chi connectivity index (χ2n) is 7.58. The fourth-order valence-electron chi connectivity index (χ4n) is 3.45. The number of aromatic nitrogens is 1. The van der Waals surface area contributed by atoms with Gasteiger partial charge < -0.3 is 5.32 Å². The van der Waals surface area contributed by atoms with Crippen molar-refractivity contribution in [2.45, 2.75) is 52.0 Å². The van der Waals surface area contributed by atoms with Crippen LogP contribution in [0.5, 0.6) is 0 Å². The van der Waals surface area contributed by atoms with Gasteiger partial charge in [0.1, 0.15) is 5.01 Å². The van der Waals surface area contributed by atoms with Crippen LogP contribution in [-0.4, -0.2) is 36.1 Å². The molecule has 1 N–H and O–H groups in total. The zero-order valence-electron chi connectivity index (χ0n) is 13.0. The molecule has 2 fully saturated rings. The summed E-state index contributed by atoms with van der Waals surface area (Å²) in [5, 5.41) is 4.78. The quantitative estimate of drug-likeness (QED) is 0.908. The molecule has 0 atom stereocenters. The molecule has 0 aliphatic carbocycles. The normalized spacial score (nSPS) is 23.6.